The molecule has 2 heterocycles. The molecule has 1 aliphatic heterocycles. The number of nitrogens with one attached hydrogen (secondary N) is 3. The van der Waals surface area contributed by atoms with Crippen molar-refractivity contribution < 1.29 is 4.79 Å². The Bertz CT molecular complexity index is 1030. The highest BCUT2D eigenvalue weighted by molar-refractivity contribution is 5.89. The predicted molar refractivity (Wildman–Crippen MR) is 107 cm³/mol. The maximum Gasteiger partial charge on any atom is 0.319 e. The lowest BCUT2D eigenvalue weighted by molar-refractivity contribution is 0.238. The first-order valence-corrected chi connectivity index (χ1v) is 9.05. The quantitative estimate of drug-likeness (QED) is 0.655. The van der Waals surface area contributed by atoms with Crippen LogP contribution in [0.25, 0.3) is 11.0 Å². The molecule has 140 valence electrons. The fourth-order valence-corrected chi connectivity index (χ4v) is 3.33. The van der Waals surface area contributed by atoms with Gasteiger partial charge < -0.3 is 20.5 Å². The number of hydrogen-bond donors (Lipinski definition) is 3. The number of carbonyl (C=O) groups is 1. The van der Waals surface area contributed by atoms with Crippen LogP contribution in [0.4, 0.5) is 10.5 Å². The van der Waals surface area contributed by atoms with Gasteiger partial charge in [-0.3, -0.25) is 0 Å². The number of fused-ring (bicyclic) bond motifs is 1. The van der Waals surface area contributed by atoms with Crippen LogP contribution in [0.5, 0.6) is 0 Å². The molecule has 2 aromatic carbocycles. The molecule has 2 amide bonds. The molecular weight excluding hydrogens is 352 g/mol. The van der Waals surface area contributed by atoms with Gasteiger partial charge in [0.05, 0.1) is 34.7 Å². The zero-order chi connectivity index (χ0) is 19.5. The van der Waals surface area contributed by atoms with Crippen molar-refractivity contribution in [3.8, 4) is 6.07 Å². The van der Waals surface area contributed by atoms with Gasteiger partial charge in [0, 0.05) is 12.7 Å². The molecule has 0 fully saturated rings. The molecule has 0 aliphatic carbocycles. The molecule has 0 saturated heterocycles. The lowest BCUT2D eigenvalue weighted by atomic mass is 10.0. The number of anilines is 1. The Morgan fingerprint density at radius 2 is 2.04 bits per heavy atom. The summed E-state index contributed by atoms with van der Waals surface area (Å²) in [6, 6.07) is 16.4. The third-order valence-corrected chi connectivity index (χ3v) is 4.83. The molecule has 0 unspecified atom stereocenters. The van der Waals surface area contributed by atoms with E-state index in [9.17, 15) is 4.79 Å². The number of para-hydroxylation sites is 2. The van der Waals surface area contributed by atoms with Gasteiger partial charge in [0.15, 0.2) is 0 Å². The number of urea groups is 1. The van der Waals surface area contributed by atoms with Crippen LogP contribution in [-0.4, -0.2) is 34.0 Å². The highest BCUT2D eigenvalue weighted by atomic mass is 16.2. The fraction of sp³-hybridized carbons (Fsp3) is 0.190. The molecule has 2 atom stereocenters. The van der Waals surface area contributed by atoms with Crippen molar-refractivity contribution in [3.05, 3.63) is 72.2 Å². The lowest BCUT2D eigenvalue weighted by Gasteiger charge is -2.32. The number of hydrogen-bond acceptors (Lipinski definition) is 4. The maximum atomic E-state index is 12.3. The van der Waals surface area contributed by atoms with Crippen LogP contribution in [0, 0.1) is 11.3 Å². The number of aromatic amines is 1. The zero-order valence-corrected chi connectivity index (χ0v) is 15.4. The second-order valence-corrected chi connectivity index (χ2v) is 6.79. The Morgan fingerprint density at radius 3 is 2.79 bits per heavy atom. The topological polar surface area (TPSA) is 96.8 Å². The van der Waals surface area contributed by atoms with Crippen molar-refractivity contribution in [1.82, 2.24) is 20.2 Å². The van der Waals surface area contributed by atoms with Gasteiger partial charge in [0.1, 0.15) is 5.82 Å². The summed E-state index contributed by atoms with van der Waals surface area (Å²) in [5.41, 5.74) is 3.13. The van der Waals surface area contributed by atoms with Crippen LogP contribution >= 0.6 is 0 Å². The van der Waals surface area contributed by atoms with E-state index in [-0.39, 0.29) is 18.1 Å². The first kappa shape index (κ1) is 17.6. The highest BCUT2D eigenvalue weighted by Gasteiger charge is 2.26. The van der Waals surface area contributed by atoms with Gasteiger partial charge in [-0.2, -0.15) is 5.26 Å². The van der Waals surface area contributed by atoms with Crippen molar-refractivity contribution in [3.63, 3.8) is 0 Å². The molecular formula is C21H20N6O. The summed E-state index contributed by atoms with van der Waals surface area (Å²) in [4.78, 5) is 22.5. The normalized spacial score (nSPS) is 18.6. The van der Waals surface area contributed by atoms with Crippen LogP contribution < -0.4 is 10.6 Å². The Kier molecular flexibility index (Phi) is 4.68. The number of rotatable bonds is 3. The average molecular weight is 372 g/mol. The number of amides is 2. The second-order valence-electron chi connectivity index (χ2n) is 6.79. The molecule has 3 aromatic rings. The lowest BCUT2D eigenvalue weighted by Crippen LogP contribution is -2.41. The van der Waals surface area contributed by atoms with Crippen molar-refractivity contribution in [2.24, 2.45) is 0 Å². The van der Waals surface area contributed by atoms with Crippen molar-refractivity contribution in [2.75, 3.05) is 12.4 Å². The first-order chi connectivity index (χ1) is 13.6. The van der Waals surface area contributed by atoms with E-state index in [1.165, 1.54) is 0 Å². The molecule has 4 rings (SSSR count). The van der Waals surface area contributed by atoms with Crippen LogP contribution in [0.15, 0.2) is 60.8 Å². The predicted octanol–water partition coefficient (Wildman–Crippen LogP) is 3.52. The summed E-state index contributed by atoms with van der Waals surface area (Å²) < 4.78 is 0. The van der Waals surface area contributed by atoms with E-state index in [0.717, 1.165) is 16.9 Å². The maximum absolute atomic E-state index is 12.3. The summed E-state index contributed by atoms with van der Waals surface area (Å²) in [6.07, 6.45) is 4.64. The van der Waals surface area contributed by atoms with E-state index < -0.39 is 0 Å². The van der Waals surface area contributed by atoms with Crippen molar-refractivity contribution in [1.29, 1.82) is 5.26 Å². The Hall–Kier alpha value is -3.79. The third-order valence-electron chi connectivity index (χ3n) is 4.83. The van der Waals surface area contributed by atoms with Crippen LogP contribution in [0.2, 0.25) is 0 Å². The molecule has 7 nitrogen and oxygen atoms in total. The fourth-order valence-electron chi connectivity index (χ4n) is 3.33. The van der Waals surface area contributed by atoms with E-state index in [2.05, 4.69) is 26.6 Å². The largest absolute Gasteiger partial charge is 0.370 e. The second kappa shape index (κ2) is 7.45. The monoisotopic (exact) mass is 372 g/mol. The van der Waals surface area contributed by atoms with Crippen LogP contribution in [0.1, 0.15) is 23.9 Å². The van der Waals surface area contributed by atoms with E-state index in [0.29, 0.717) is 17.7 Å². The molecule has 0 saturated carbocycles. The Balaban J connectivity index is 1.43. The highest BCUT2D eigenvalue weighted by Crippen LogP contribution is 2.28. The molecule has 0 radical (unpaired) electrons. The minimum Gasteiger partial charge on any atom is -0.370 e. The van der Waals surface area contributed by atoms with Gasteiger partial charge in [-0.25, -0.2) is 9.78 Å². The van der Waals surface area contributed by atoms with Gasteiger partial charge in [-0.05, 0) is 55.1 Å². The summed E-state index contributed by atoms with van der Waals surface area (Å²) >= 11 is 0. The van der Waals surface area contributed by atoms with E-state index in [1.807, 2.05) is 43.6 Å². The van der Waals surface area contributed by atoms with Gasteiger partial charge >= 0.3 is 6.03 Å². The number of carbonyl (C=O) groups excluding carboxylic acids is 1. The Labute approximate surface area is 162 Å². The van der Waals surface area contributed by atoms with E-state index in [1.54, 1.807) is 24.3 Å². The molecule has 3 N–H and O–H groups in total. The smallest absolute Gasteiger partial charge is 0.319 e. The van der Waals surface area contributed by atoms with Crippen LogP contribution in [0.3, 0.4) is 0 Å². The zero-order valence-electron chi connectivity index (χ0n) is 15.4. The third kappa shape index (κ3) is 3.67. The summed E-state index contributed by atoms with van der Waals surface area (Å²) in [7, 11) is 2.00. The molecule has 7 heteroatoms. The molecule has 28 heavy (non-hydrogen) atoms. The van der Waals surface area contributed by atoms with Crippen LogP contribution in [-0.2, 0) is 0 Å². The van der Waals surface area contributed by atoms with E-state index in [4.69, 9.17) is 10.2 Å². The molecule has 1 aromatic heterocycles. The summed E-state index contributed by atoms with van der Waals surface area (Å²) in [5.74, 6) is 0.882. The first-order valence-electron chi connectivity index (χ1n) is 9.05. The van der Waals surface area contributed by atoms with Crippen molar-refractivity contribution in [2.45, 2.75) is 18.5 Å². The summed E-state index contributed by atoms with van der Waals surface area (Å²) in [5, 5.41) is 14.6. The van der Waals surface area contributed by atoms with E-state index >= 15 is 0 Å². The number of nitriles is 1. The van der Waals surface area contributed by atoms with Gasteiger partial charge in [-0.15, -0.1) is 0 Å². The molecule has 0 bridgehead atoms. The minimum atomic E-state index is -0.285. The number of nitrogens with zero attached hydrogens (tertiary/aromatic N) is 3. The molecule has 1 aliphatic rings. The van der Waals surface area contributed by atoms with Gasteiger partial charge in [0.2, 0.25) is 0 Å². The number of aromatic nitrogens is 2. The standard InChI is InChI=1S/C21H20N6O/c1-27-11-10-16(24-21(28)23-15-8-6-14(13-22)7-9-15)12-19(27)20-25-17-4-2-3-5-18(17)26-20/h2-11,16,19H,12H2,1H3,(H,25,26)(H2,23,24,28)/t16-,19-/m1/s1. The number of benzene rings is 2. The minimum absolute atomic E-state index is 0.0395. The number of imidazole rings is 1. The average Bonchev–Trinajstić information content (AvgIpc) is 3.14. The summed E-state index contributed by atoms with van der Waals surface area (Å²) in [6.45, 7) is 0. The Morgan fingerprint density at radius 1 is 1.25 bits per heavy atom. The van der Waals surface area contributed by atoms with Crippen molar-refractivity contribution >= 4 is 22.8 Å². The molecule has 0 spiro atoms. The van der Waals surface area contributed by atoms with Gasteiger partial charge in [0.25, 0.3) is 0 Å². The SMILES string of the molecule is CN1C=C[C@@H](NC(=O)Nc2ccc(C#N)cc2)C[C@@H]1c1nc2ccccc2[nH]1. The number of H-pyrrole nitrogens is 1. The van der Waals surface area contributed by atoms with Gasteiger partial charge in [-0.1, -0.05) is 12.1 Å².